The number of nitrogens with one attached hydrogen (secondary N) is 1. The maximum atomic E-state index is 13.3. The van der Waals surface area contributed by atoms with Crippen molar-refractivity contribution in [3.05, 3.63) is 83.9 Å². The van der Waals surface area contributed by atoms with Gasteiger partial charge in [0.05, 0.1) is 28.6 Å². The molecule has 7 heteroatoms. The summed E-state index contributed by atoms with van der Waals surface area (Å²) in [5.41, 5.74) is 5.95. The number of aromatic nitrogens is 1. The van der Waals surface area contributed by atoms with Gasteiger partial charge in [-0.2, -0.15) is 5.10 Å². The zero-order chi connectivity index (χ0) is 24.9. The molecule has 0 saturated heterocycles. The number of aromatic hydroxyl groups is 2. The maximum absolute atomic E-state index is 13.3. The van der Waals surface area contributed by atoms with Gasteiger partial charge in [0.15, 0.2) is 0 Å². The van der Waals surface area contributed by atoms with Gasteiger partial charge in [-0.15, -0.1) is 0 Å². The fourth-order valence-electron chi connectivity index (χ4n) is 3.78. The number of pyridine rings is 1. The highest BCUT2D eigenvalue weighted by molar-refractivity contribution is 6.08. The van der Waals surface area contributed by atoms with Gasteiger partial charge in [-0.05, 0) is 62.7 Å². The van der Waals surface area contributed by atoms with E-state index in [1.165, 1.54) is 18.2 Å². The topological polar surface area (TPSA) is 104 Å². The summed E-state index contributed by atoms with van der Waals surface area (Å²) >= 11 is 0. The smallest absolute Gasteiger partial charge is 0.272 e. The van der Waals surface area contributed by atoms with E-state index in [1.54, 1.807) is 6.07 Å². The van der Waals surface area contributed by atoms with E-state index in [2.05, 4.69) is 10.5 Å². The largest absolute Gasteiger partial charge is 0.508 e. The molecule has 3 aromatic carbocycles. The van der Waals surface area contributed by atoms with Gasteiger partial charge in [0, 0.05) is 16.5 Å². The number of rotatable bonds is 7. The van der Waals surface area contributed by atoms with Crippen LogP contribution in [0.1, 0.15) is 43.1 Å². The van der Waals surface area contributed by atoms with Crippen molar-refractivity contribution in [3.8, 4) is 28.5 Å². The zero-order valence-electron chi connectivity index (χ0n) is 19.8. The zero-order valence-corrected chi connectivity index (χ0v) is 19.8. The Hall–Kier alpha value is -4.39. The van der Waals surface area contributed by atoms with E-state index in [-0.39, 0.29) is 17.6 Å². The Morgan fingerprint density at radius 2 is 1.80 bits per heavy atom. The van der Waals surface area contributed by atoms with Gasteiger partial charge in [0.2, 0.25) is 0 Å². The molecule has 35 heavy (non-hydrogen) atoms. The van der Waals surface area contributed by atoms with Gasteiger partial charge in [-0.3, -0.25) is 4.79 Å². The summed E-state index contributed by atoms with van der Waals surface area (Å²) in [6.07, 6.45) is 0.468. The standard InChI is InChI=1S/C28H27N3O4/c1-4-24(23-15-19(32)12-13-27(23)33)30-31-28(34)22-16-26(29-25-11-6-5-10-21(22)25)18-8-7-9-20(14-18)35-17(2)3/h5-17,32-33H,4H2,1-3H3,(H,31,34). The molecule has 0 radical (unpaired) electrons. The number of fused-ring (bicyclic) bond motifs is 1. The molecular formula is C28H27N3O4. The monoisotopic (exact) mass is 469 g/mol. The average Bonchev–Trinajstić information content (AvgIpc) is 2.85. The number of phenolic OH excluding ortho intramolecular Hbond substituents is 2. The fraction of sp³-hybridized carbons (Fsp3) is 0.179. The average molecular weight is 470 g/mol. The van der Waals surface area contributed by atoms with Crippen molar-refractivity contribution in [2.75, 3.05) is 0 Å². The van der Waals surface area contributed by atoms with Crippen LogP contribution in [0.3, 0.4) is 0 Å². The van der Waals surface area contributed by atoms with Gasteiger partial charge in [0.1, 0.15) is 17.2 Å². The second-order valence-electron chi connectivity index (χ2n) is 8.32. The van der Waals surface area contributed by atoms with Crippen LogP contribution in [0.25, 0.3) is 22.2 Å². The van der Waals surface area contributed by atoms with Crippen molar-refractivity contribution < 1.29 is 19.7 Å². The Kier molecular flexibility index (Phi) is 6.96. The minimum atomic E-state index is -0.412. The summed E-state index contributed by atoms with van der Waals surface area (Å²) in [5, 5.41) is 24.9. The normalized spacial score (nSPS) is 11.6. The van der Waals surface area contributed by atoms with Crippen LogP contribution in [-0.4, -0.2) is 32.9 Å². The molecule has 1 aromatic heterocycles. The Bertz CT molecular complexity index is 1410. The van der Waals surface area contributed by atoms with E-state index in [4.69, 9.17) is 9.72 Å². The van der Waals surface area contributed by atoms with E-state index in [9.17, 15) is 15.0 Å². The van der Waals surface area contributed by atoms with Crippen LogP contribution in [0.15, 0.2) is 77.9 Å². The molecule has 3 N–H and O–H groups in total. The van der Waals surface area contributed by atoms with Crippen molar-refractivity contribution >= 4 is 22.5 Å². The molecule has 1 heterocycles. The van der Waals surface area contributed by atoms with Crippen LogP contribution in [0.2, 0.25) is 0 Å². The lowest BCUT2D eigenvalue weighted by Crippen LogP contribution is -2.20. The quantitative estimate of drug-likeness (QED) is 0.184. The first-order valence-electron chi connectivity index (χ1n) is 11.4. The lowest BCUT2D eigenvalue weighted by Gasteiger charge is -2.13. The molecule has 178 valence electrons. The summed E-state index contributed by atoms with van der Waals surface area (Å²) in [6, 6.07) is 20.9. The molecule has 4 rings (SSSR count). The van der Waals surface area contributed by atoms with Crippen molar-refractivity contribution in [1.82, 2.24) is 10.4 Å². The second-order valence-corrected chi connectivity index (χ2v) is 8.32. The van der Waals surface area contributed by atoms with Crippen LogP contribution in [0, 0.1) is 0 Å². The first-order chi connectivity index (χ1) is 16.9. The number of hydrazone groups is 1. The number of amides is 1. The lowest BCUT2D eigenvalue weighted by atomic mass is 10.0. The molecule has 4 aromatic rings. The molecule has 0 bridgehead atoms. The molecule has 0 unspecified atom stereocenters. The molecule has 0 aliphatic carbocycles. The molecule has 0 spiro atoms. The highest BCUT2D eigenvalue weighted by atomic mass is 16.5. The molecule has 0 saturated carbocycles. The SMILES string of the molecule is CCC(=NNC(=O)c1cc(-c2cccc(OC(C)C)c2)nc2ccccc12)c1cc(O)ccc1O. The highest BCUT2D eigenvalue weighted by Crippen LogP contribution is 2.28. The predicted molar refractivity (Wildman–Crippen MR) is 137 cm³/mol. The van der Waals surface area contributed by atoms with Gasteiger partial charge in [-0.1, -0.05) is 37.3 Å². The summed E-state index contributed by atoms with van der Waals surface area (Å²) in [7, 11) is 0. The summed E-state index contributed by atoms with van der Waals surface area (Å²) in [4.78, 5) is 18.0. The van der Waals surface area contributed by atoms with Crippen LogP contribution >= 0.6 is 0 Å². The van der Waals surface area contributed by atoms with E-state index >= 15 is 0 Å². The number of benzene rings is 3. The van der Waals surface area contributed by atoms with Crippen LogP contribution in [0.4, 0.5) is 0 Å². The van der Waals surface area contributed by atoms with Crippen molar-refractivity contribution in [3.63, 3.8) is 0 Å². The van der Waals surface area contributed by atoms with Crippen LogP contribution < -0.4 is 10.2 Å². The highest BCUT2D eigenvalue weighted by Gasteiger charge is 2.15. The number of ether oxygens (including phenoxy) is 1. The minimum Gasteiger partial charge on any atom is -0.508 e. The number of carbonyl (C=O) groups is 1. The van der Waals surface area contributed by atoms with E-state index < -0.39 is 5.91 Å². The summed E-state index contributed by atoms with van der Waals surface area (Å²) in [5.74, 6) is 0.281. The van der Waals surface area contributed by atoms with Gasteiger partial charge in [-0.25, -0.2) is 10.4 Å². The first kappa shape index (κ1) is 23.8. The number of carbonyl (C=O) groups excluding carboxylic acids is 1. The number of nitrogens with zero attached hydrogens (tertiary/aromatic N) is 2. The summed E-state index contributed by atoms with van der Waals surface area (Å²) in [6.45, 7) is 5.77. The molecular weight excluding hydrogens is 442 g/mol. The number of hydrogen-bond acceptors (Lipinski definition) is 6. The van der Waals surface area contributed by atoms with Crippen molar-refractivity contribution in [1.29, 1.82) is 0 Å². The first-order valence-corrected chi connectivity index (χ1v) is 11.4. The Morgan fingerprint density at radius 3 is 2.57 bits per heavy atom. The van der Waals surface area contributed by atoms with Crippen molar-refractivity contribution in [2.24, 2.45) is 5.10 Å². The third-order valence-corrected chi connectivity index (χ3v) is 5.38. The van der Waals surface area contributed by atoms with Crippen molar-refractivity contribution in [2.45, 2.75) is 33.3 Å². The van der Waals surface area contributed by atoms with Gasteiger partial charge in [0.25, 0.3) is 5.91 Å². The Morgan fingerprint density at radius 1 is 1.00 bits per heavy atom. The Labute approximate surface area is 203 Å². The second kappa shape index (κ2) is 10.3. The maximum Gasteiger partial charge on any atom is 0.272 e. The molecule has 0 fully saturated rings. The molecule has 0 aliphatic heterocycles. The molecule has 0 atom stereocenters. The van der Waals surface area contributed by atoms with Crippen LogP contribution in [-0.2, 0) is 0 Å². The Balaban J connectivity index is 1.72. The predicted octanol–water partition coefficient (Wildman–Crippen LogP) is 5.64. The fourth-order valence-corrected chi connectivity index (χ4v) is 3.78. The van der Waals surface area contributed by atoms with E-state index in [0.29, 0.717) is 39.9 Å². The van der Waals surface area contributed by atoms with Gasteiger partial charge < -0.3 is 14.9 Å². The summed E-state index contributed by atoms with van der Waals surface area (Å²) < 4.78 is 5.82. The molecule has 7 nitrogen and oxygen atoms in total. The molecule has 0 aliphatic rings. The van der Waals surface area contributed by atoms with E-state index in [1.807, 2.05) is 69.3 Å². The lowest BCUT2D eigenvalue weighted by molar-refractivity contribution is 0.0956. The number of para-hydroxylation sites is 1. The number of phenols is 2. The van der Waals surface area contributed by atoms with Crippen LogP contribution in [0.5, 0.6) is 17.2 Å². The third kappa shape index (κ3) is 5.41. The number of hydrogen-bond donors (Lipinski definition) is 3. The van der Waals surface area contributed by atoms with Gasteiger partial charge >= 0.3 is 0 Å². The molecule has 1 amide bonds. The third-order valence-electron chi connectivity index (χ3n) is 5.38. The van der Waals surface area contributed by atoms with E-state index in [0.717, 1.165) is 11.3 Å². The minimum absolute atomic E-state index is 0.00118.